The summed E-state index contributed by atoms with van der Waals surface area (Å²) in [6.07, 6.45) is 8.23. The van der Waals surface area contributed by atoms with Gasteiger partial charge in [0.05, 0.1) is 11.1 Å². The fourth-order valence-electron chi connectivity index (χ4n) is 2.70. The van der Waals surface area contributed by atoms with Crippen LogP contribution in [0.3, 0.4) is 0 Å². The number of hydrogen-bond donors (Lipinski definition) is 1. The first-order valence-electron chi connectivity index (χ1n) is 6.72. The third-order valence-electron chi connectivity index (χ3n) is 3.59. The lowest BCUT2D eigenvalue weighted by Gasteiger charge is -2.35. The van der Waals surface area contributed by atoms with Crippen LogP contribution in [0.25, 0.3) is 0 Å². The van der Waals surface area contributed by atoms with E-state index in [1.807, 2.05) is 13.1 Å². The fourth-order valence-corrected chi connectivity index (χ4v) is 3.39. The lowest BCUT2D eigenvalue weighted by atomic mass is 9.94. The van der Waals surface area contributed by atoms with Crippen LogP contribution >= 0.6 is 15.9 Å². The normalized spacial score (nSPS) is 16.8. The third kappa shape index (κ3) is 3.23. The fraction of sp³-hybridized carbons (Fsp3) is 0.643. The second kappa shape index (κ2) is 6.53. The smallest absolute Gasteiger partial charge is 0.143 e. The second-order valence-electron chi connectivity index (χ2n) is 5.03. The lowest BCUT2D eigenvalue weighted by Crippen LogP contribution is -2.39. The van der Waals surface area contributed by atoms with E-state index in [9.17, 15) is 5.11 Å². The molecule has 0 unspecified atom stereocenters. The SMILES string of the molecule is Cc1cnc(N(CCO)C2CCCCC2)c(Br)c1. The van der Waals surface area contributed by atoms with Crippen molar-refractivity contribution in [2.45, 2.75) is 45.1 Å². The van der Waals surface area contributed by atoms with Crippen LogP contribution in [0, 0.1) is 6.92 Å². The molecular formula is C14H21BrN2O. The largest absolute Gasteiger partial charge is 0.395 e. The average molecular weight is 313 g/mol. The van der Waals surface area contributed by atoms with E-state index >= 15 is 0 Å². The van der Waals surface area contributed by atoms with Crippen LogP contribution in [0.5, 0.6) is 0 Å². The van der Waals surface area contributed by atoms with Crippen LogP contribution in [-0.4, -0.2) is 29.3 Å². The van der Waals surface area contributed by atoms with Crippen LogP contribution in [0.15, 0.2) is 16.7 Å². The Bertz CT molecular complexity index is 391. The van der Waals surface area contributed by atoms with E-state index in [-0.39, 0.29) is 6.61 Å². The van der Waals surface area contributed by atoms with Crippen molar-refractivity contribution in [3.63, 3.8) is 0 Å². The van der Waals surface area contributed by atoms with E-state index in [1.54, 1.807) is 0 Å². The molecule has 1 saturated carbocycles. The molecule has 0 bridgehead atoms. The Kier molecular flexibility index (Phi) is 5.01. The van der Waals surface area contributed by atoms with Crippen molar-refractivity contribution in [2.24, 2.45) is 0 Å². The van der Waals surface area contributed by atoms with Gasteiger partial charge in [-0.05, 0) is 47.3 Å². The average Bonchev–Trinajstić information content (AvgIpc) is 2.38. The Balaban J connectivity index is 2.22. The van der Waals surface area contributed by atoms with E-state index < -0.39 is 0 Å². The van der Waals surface area contributed by atoms with Gasteiger partial charge in [-0.1, -0.05) is 19.3 Å². The molecule has 1 N–H and O–H groups in total. The number of halogens is 1. The maximum Gasteiger partial charge on any atom is 0.143 e. The van der Waals surface area contributed by atoms with Crippen molar-refractivity contribution < 1.29 is 5.11 Å². The Labute approximate surface area is 117 Å². The number of aliphatic hydroxyl groups is 1. The van der Waals surface area contributed by atoms with E-state index in [0.717, 1.165) is 15.9 Å². The number of hydrogen-bond acceptors (Lipinski definition) is 3. The molecule has 0 amide bonds. The molecule has 2 rings (SSSR count). The minimum Gasteiger partial charge on any atom is -0.395 e. The Morgan fingerprint density at radius 2 is 2.11 bits per heavy atom. The van der Waals surface area contributed by atoms with Crippen molar-refractivity contribution in [1.29, 1.82) is 0 Å². The second-order valence-corrected chi connectivity index (χ2v) is 5.88. The summed E-state index contributed by atoms with van der Waals surface area (Å²) in [6, 6.07) is 2.62. The van der Waals surface area contributed by atoms with Crippen molar-refractivity contribution >= 4 is 21.7 Å². The Morgan fingerprint density at radius 1 is 1.39 bits per heavy atom. The van der Waals surface area contributed by atoms with Crippen molar-refractivity contribution in [3.05, 3.63) is 22.3 Å². The van der Waals surface area contributed by atoms with E-state index in [4.69, 9.17) is 0 Å². The maximum atomic E-state index is 9.29. The van der Waals surface area contributed by atoms with Gasteiger partial charge in [-0.25, -0.2) is 4.98 Å². The highest BCUT2D eigenvalue weighted by atomic mass is 79.9. The summed E-state index contributed by atoms with van der Waals surface area (Å²) in [5.74, 6) is 0.974. The standard InChI is InChI=1S/C14H21BrN2O/c1-11-9-13(15)14(16-10-11)17(7-8-18)12-5-3-2-4-6-12/h9-10,12,18H,2-8H2,1H3. The van der Waals surface area contributed by atoms with Crippen LogP contribution < -0.4 is 4.90 Å². The molecule has 1 fully saturated rings. The number of aryl methyl sites for hydroxylation is 1. The summed E-state index contributed by atoms with van der Waals surface area (Å²) in [6.45, 7) is 2.89. The molecule has 18 heavy (non-hydrogen) atoms. The van der Waals surface area contributed by atoms with Crippen LogP contribution in [0.4, 0.5) is 5.82 Å². The summed E-state index contributed by atoms with van der Waals surface area (Å²) in [4.78, 5) is 6.81. The van der Waals surface area contributed by atoms with Gasteiger partial charge in [0.2, 0.25) is 0 Å². The van der Waals surface area contributed by atoms with E-state index in [1.165, 1.54) is 32.1 Å². The molecule has 4 heteroatoms. The quantitative estimate of drug-likeness (QED) is 0.927. The summed E-state index contributed by atoms with van der Waals surface area (Å²) >= 11 is 3.60. The first-order valence-corrected chi connectivity index (χ1v) is 7.51. The number of pyridine rings is 1. The van der Waals surface area contributed by atoms with E-state index in [0.29, 0.717) is 12.6 Å². The zero-order valence-corrected chi connectivity index (χ0v) is 12.5. The van der Waals surface area contributed by atoms with Crippen molar-refractivity contribution in [2.75, 3.05) is 18.1 Å². The molecular weight excluding hydrogens is 292 g/mol. The zero-order valence-electron chi connectivity index (χ0n) is 10.9. The Morgan fingerprint density at radius 3 is 2.72 bits per heavy atom. The van der Waals surface area contributed by atoms with Gasteiger partial charge in [0.1, 0.15) is 5.82 Å². The van der Waals surface area contributed by atoms with Crippen molar-refractivity contribution in [1.82, 2.24) is 4.98 Å². The molecule has 0 atom stereocenters. The minimum atomic E-state index is 0.179. The summed E-state index contributed by atoms with van der Waals surface area (Å²) < 4.78 is 1.03. The molecule has 0 aromatic carbocycles. The number of nitrogens with zero attached hydrogens (tertiary/aromatic N) is 2. The monoisotopic (exact) mass is 312 g/mol. The molecule has 3 nitrogen and oxygen atoms in total. The van der Waals surface area contributed by atoms with Crippen LogP contribution in [-0.2, 0) is 0 Å². The molecule has 0 radical (unpaired) electrons. The predicted molar refractivity (Wildman–Crippen MR) is 78.0 cm³/mol. The van der Waals surface area contributed by atoms with Gasteiger partial charge in [-0.3, -0.25) is 0 Å². The highest BCUT2D eigenvalue weighted by molar-refractivity contribution is 9.10. The van der Waals surface area contributed by atoms with Crippen molar-refractivity contribution in [3.8, 4) is 0 Å². The molecule has 0 saturated heterocycles. The first-order chi connectivity index (χ1) is 8.72. The highest BCUT2D eigenvalue weighted by Crippen LogP contribution is 2.30. The van der Waals surface area contributed by atoms with E-state index in [2.05, 4.69) is 31.9 Å². The molecule has 0 aliphatic heterocycles. The molecule has 1 aromatic rings. The molecule has 1 heterocycles. The number of aromatic nitrogens is 1. The molecule has 1 aliphatic rings. The van der Waals surface area contributed by atoms with Gasteiger partial charge in [0.25, 0.3) is 0 Å². The number of aliphatic hydroxyl groups excluding tert-OH is 1. The number of rotatable bonds is 4. The Hall–Kier alpha value is -0.610. The predicted octanol–water partition coefficient (Wildman–Crippen LogP) is 3.28. The molecule has 0 spiro atoms. The van der Waals surface area contributed by atoms with Gasteiger partial charge in [0, 0.05) is 18.8 Å². The zero-order chi connectivity index (χ0) is 13.0. The third-order valence-corrected chi connectivity index (χ3v) is 4.17. The van der Waals surface area contributed by atoms with Crippen LogP contribution in [0.2, 0.25) is 0 Å². The topological polar surface area (TPSA) is 36.4 Å². The van der Waals surface area contributed by atoms with Crippen LogP contribution in [0.1, 0.15) is 37.7 Å². The number of anilines is 1. The summed E-state index contributed by atoms with van der Waals surface area (Å²) in [5.41, 5.74) is 1.15. The van der Waals surface area contributed by atoms with Gasteiger partial charge >= 0.3 is 0 Å². The van der Waals surface area contributed by atoms with Gasteiger partial charge < -0.3 is 10.0 Å². The maximum absolute atomic E-state index is 9.29. The summed E-state index contributed by atoms with van der Waals surface area (Å²) in [5, 5.41) is 9.29. The minimum absolute atomic E-state index is 0.179. The summed E-state index contributed by atoms with van der Waals surface area (Å²) in [7, 11) is 0. The van der Waals surface area contributed by atoms with Gasteiger partial charge in [-0.15, -0.1) is 0 Å². The molecule has 1 aromatic heterocycles. The molecule has 1 aliphatic carbocycles. The first kappa shape index (κ1) is 13.8. The van der Waals surface area contributed by atoms with Gasteiger partial charge in [-0.2, -0.15) is 0 Å². The highest BCUT2D eigenvalue weighted by Gasteiger charge is 2.23. The lowest BCUT2D eigenvalue weighted by molar-refractivity contribution is 0.289. The van der Waals surface area contributed by atoms with Gasteiger partial charge in [0.15, 0.2) is 0 Å². The molecule has 100 valence electrons.